The molecule has 0 saturated heterocycles. The van der Waals surface area contributed by atoms with Crippen LogP contribution in [0.2, 0.25) is 0 Å². The second-order valence-corrected chi connectivity index (χ2v) is 4.45. The molecule has 2 N–H and O–H groups in total. The number of carboxylic acid groups (broad SMARTS) is 1. The first-order valence-corrected chi connectivity index (χ1v) is 5.83. The fraction of sp³-hybridized carbons (Fsp3) is 0.286. The van der Waals surface area contributed by atoms with Crippen molar-refractivity contribution in [3.63, 3.8) is 0 Å². The van der Waals surface area contributed by atoms with E-state index in [9.17, 15) is 9.59 Å². The van der Waals surface area contributed by atoms with Crippen molar-refractivity contribution in [2.24, 2.45) is 0 Å². The van der Waals surface area contributed by atoms with Crippen molar-refractivity contribution in [2.45, 2.75) is 26.7 Å². The van der Waals surface area contributed by atoms with Gasteiger partial charge in [0.15, 0.2) is 5.43 Å². The number of benzene rings is 1. The number of H-pyrrole nitrogens is 1. The molecule has 1 aromatic carbocycles. The van der Waals surface area contributed by atoms with E-state index in [4.69, 9.17) is 5.11 Å². The fourth-order valence-corrected chi connectivity index (χ4v) is 2.15. The van der Waals surface area contributed by atoms with Gasteiger partial charge in [-0.15, -0.1) is 0 Å². The predicted molar refractivity (Wildman–Crippen MR) is 70.0 cm³/mol. The number of pyridine rings is 1. The quantitative estimate of drug-likeness (QED) is 0.870. The summed E-state index contributed by atoms with van der Waals surface area (Å²) in [4.78, 5) is 26.1. The van der Waals surface area contributed by atoms with Crippen molar-refractivity contribution in [1.29, 1.82) is 0 Å². The number of hydrogen-bond acceptors (Lipinski definition) is 2. The zero-order valence-corrected chi connectivity index (χ0v) is 10.4. The minimum atomic E-state index is -0.891. The van der Waals surface area contributed by atoms with E-state index in [-0.39, 0.29) is 18.3 Å². The van der Waals surface area contributed by atoms with Crippen molar-refractivity contribution in [3.8, 4) is 0 Å². The molecule has 4 nitrogen and oxygen atoms in total. The van der Waals surface area contributed by atoms with Crippen LogP contribution in [0, 0.1) is 13.8 Å². The molecule has 0 bridgehead atoms. The summed E-state index contributed by atoms with van der Waals surface area (Å²) in [7, 11) is 0. The summed E-state index contributed by atoms with van der Waals surface area (Å²) in [5.41, 5.74) is 3.10. The number of carbonyl (C=O) groups is 1. The smallest absolute Gasteiger partial charge is 0.303 e. The molecule has 2 rings (SSSR count). The van der Waals surface area contributed by atoms with Gasteiger partial charge in [-0.2, -0.15) is 0 Å². The highest BCUT2D eigenvalue weighted by Gasteiger charge is 2.11. The third-order valence-corrected chi connectivity index (χ3v) is 3.15. The minimum absolute atomic E-state index is 0.0265. The van der Waals surface area contributed by atoms with E-state index in [1.54, 1.807) is 6.07 Å². The molecule has 0 aliphatic rings. The molecular weight excluding hydrogens is 230 g/mol. The average Bonchev–Trinajstić information content (AvgIpc) is 2.30. The summed E-state index contributed by atoms with van der Waals surface area (Å²) in [5.74, 6) is -0.891. The third kappa shape index (κ3) is 2.14. The number of aliphatic carboxylic acids is 1. The van der Waals surface area contributed by atoms with Crippen LogP contribution in [0.4, 0.5) is 0 Å². The van der Waals surface area contributed by atoms with Gasteiger partial charge in [-0.25, -0.2) is 0 Å². The molecule has 0 atom stereocenters. The van der Waals surface area contributed by atoms with Gasteiger partial charge in [-0.05, 0) is 31.9 Å². The Morgan fingerprint density at radius 1 is 1.33 bits per heavy atom. The van der Waals surface area contributed by atoms with E-state index < -0.39 is 5.97 Å². The Kier molecular flexibility index (Phi) is 3.19. The van der Waals surface area contributed by atoms with Gasteiger partial charge in [0.05, 0.1) is 5.52 Å². The maximum atomic E-state index is 12.3. The lowest BCUT2D eigenvalue weighted by molar-refractivity contribution is -0.136. The van der Waals surface area contributed by atoms with Crippen LogP contribution in [0.3, 0.4) is 0 Å². The lowest BCUT2D eigenvalue weighted by Gasteiger charge is -2.08. The Hall–Kier alpha value is -2.10. The number of aryl methyl sites for hydroxylation is 2. The highest BCUT2D eigenvalue weighted by molar-refractivity contribution is 5.82. The molecule has 0 fully saturated rings. The first kappa shape index (κ1) is 12.4. The maximum absolute atomic E-state index is 12.3. The molecule has 0 spiro atoms. The summed E-state index contributed by atoms with van der Waals surface area (Å²) >= 11 is 0. The van der Waals surface area contributed by atoms with Crippen LogP contribution >= 0.6 is 0 Å². The van der Waals surface area contributed by atoms with Gasteiger partial charge in [0.2, 0.25) is 0 Å². The molecule has 0 amide bonds. The Labute approximate surface area is 104 Å². The van der Waals surface area contributed by atoms with Crippen LogP contribution in [-0.4, -0.2) is 16.1 Å². The van der Waals surface area contributed by atoms with Gasteiger partial charge in [0.25, 0.3) is 0 Å². The average molecular weight is 245 g/mol. The number of aromatic amines is 1. The normalized spacial score (nSPS) is 10.8. The summed E-state index contributed by atoms with van der Waals surface area (Å²) in [5, 5.41) is 9.33. The Balaban J connectivity index is 2.62. The monoisotopic (exact) mass is 245 g/mol. The van der Waals surface area contributed by atoms with Crippen molar-refractivity contribution in [1.82, 2.24) is 4.98 Å². The zero-order chi connectivity index (χ0) is 13.3. The number of hydrogen-bond donors (Lipinski definition) is 2. The first-order valence-electron chi connectivity index (χ1n) is 5.83. The van der Waals surface area contributed by atoms with Gasteiger partial charge in [-0.1, -0.05) is 12.1 Å². The van der Waals surface area contributed by atoms with E-state index in [0.717, 1.165) is 16.8 Å². The molecule has 94 valence electrons. The van der Waals surface area contributed by atoms with Crippen molar-refractivity contribution in [2.75, 3.05) is 0 Å². The number of fused-ring (bicyclic) bond motifs is 1. The summed E-state index contributed by atoms with van der Waals surface area (Å²) in [6, 6.07) is 5.54. The Bertz CT molecular complexity index is 671. The van der Waals surface area contributed by atoms with Crippen LogP contribution in [0.5, 0.6) is 0 Å². The van der Waals surface area contributed by atoms with E-state index >= 15 is 0 Å². The highest BCUT2D eigenvalue weighted by atomic mass is 16.4. The Morgan fingerprint density at radius 2 is 2.06 bits per heavy atom. The molecule has 0 saturated carbocycles. The van der Waals surface area contributed by atoms with E-state index in [2.05, 4.69) is 4.98 Å². The van der Waals surface area contributed by atoms with Crippen molar-refractivity contribution in [3.05, 3.63) is 45.2 Å². The van der Waals surface area contributed by atoms with Crippen LogP contribution in [0.25, 0.3) is 10.9 Å². The van der Waals surface area contributed by atoms with Gasteiger partial charge in [-0.3, -0.25) is 9.59 Å². The minimum Gasteiger partial charge on any atom is -0.481 e. The standard InChI is InChI=1S/C14H15NO3/c1-8-4-3-5-11-13(8)15-9(2)10(14(11)18)6-7-12(16)17/h3-5H,6-7H2,1-2H3,(H,15,18)(H,16,17). The molecule has 18 heavy (non-hydrogen) atoms. The number of para-hydroxylation sites is 1. The first-order chi connectivity index (χ1) is 8.50. The molecule has 1 heterocycles. The SMILES string of the molecule is Cc1[nH]c2c(C)cccc2c(=O)c1CCC(=O)O. The van der Waals surface area contributed by atoms with Gasteiger partial charge < -0.3 is 10.1 Å². The van der Waals surface area contributed by atoms with Crippen LogP contribution in [-0.2, 0) is 11.2 Å². The number of aromatic nitrogens is 1. The molecule has 0 aliphatic heterocycles. The van der Waals surface area contributed by atoms with E-state index in [1.807, 2.05) is 26.0 Å². The summed E-state index contributed by atoms with van der Waals surface area (Å²) in [6.45, 7) is 3.75. The molecule has 0 radical (unpaired) electrons. The lowest BCUT2D eigenvalue weighted by Crippen LogP contribution is -2.15. The molecule has 2 aromatic rings. The van der Waals surface area contributed by atoms with Crippen molar-refractivity contribution >= 4 is 16.9 Å². The zero-order valence-electron chi connectivity index (χ0n) is 10.4. The predicted octanol–water partition coefficient (Wildman–Crippen LogP) is 2.16. The van der Waals surface area contributed by atoms with Crippen molar-refractivity contribution < 1.29 is 9.90 Å². The maximum Gasteiger partial charge on any atom is 0.303 e. The summed E-state index contributed by atoms with van der Waals surface area (Å²) < 4.78 is 0. The summed E-state index contributed by atoms with van der Waals surface area (Å²) in [6.07, 6.45) is 0.238. The third-order valence-electron chi connectivity index (χ3n) is 3.15. The van der Waals surface area contributed by atoms with Gasteiger partial charge in [0, 0.05) is 23.1 Å². The number of nitrogens with one attached hydrogen (secondary N) is 1. The second-order valence-electron chi connectivity index (χ2n) is 4.45. The fourth-order valence-electron chi connectivity index (χ4n) is 2.15. The number of rotatable bonds is 3. The Morgan fingerprint density at radius 3 is 2.72 bits per heavy atom. The van der Waals surface area contributed by atoms with E-state index in [1.165, 1.54) is 0 Å². The second kappa shape index (κ2) is 4.64. The van der Waals surface area contributed by atoms with Gasteiger partial charge in [0.1, 0.15) is 0 Å². The molecule has 4 heteroatoms. The number of carboxylic acids is 1. The van der Waals surface area contributed by atoms with Crippen LogP contribution in [0.1, 0.15) is 23.2 Å². The molecule has 1 aromatic heterocycles. The largest absolute Gasteiger partial charge is 0.481 e. The van der Waals surface area contributed by atoms with E-state index in [0.29, 0.717) is 10.9 Å². The highest BCUT2D eigenvalue weighted by Crippen LogP contribution is 2.15. The molecule has 0 unspecified atom stereocenters. The van der Waals surface area contributed by atoms with Crippen LogP contribution in [0.15, 0.2) is 23.0 Å². The van der Waals surface area contributed by atoms with Gasteiger partial charge >= 0.3 is 5.97 Å². The topological polar surface area (TPSA) is 70.2 Å². The van der Waals surface area contributed by atoms with Crippen LogP contribution < -0.4 is 5.43 Å². The molecule has 0 aliphatic carbocycles. The molecular formula is C14H15NO3. The lowest BCUT2D eigenvalue weighted by atomic mass is 10.0.